The zero-order valence-corrected chi connectivity index (χ0v) is 17.1. The summed E-state index contributed by atoms with van der Waals surface area (Å²) in [5.41, 5.74) is 2.25. The van der Waals surface area contributed by atoms with Crippen molar-refractivity contribution in [2.75, 3.05) is 0 Å². The van der Waals surface area contributed by atoms with Crippen LogP contribution in [0, 0.1) is 12.8 Å². The zero-order valence-electron chi connectivity index (χ0n) is 17.1. The minimum absolute atomic E-state index is 0.0381. The zero-order chi connectivity index (χ0) is 21.0. The Kier molecular flexibility index (Phi) is 6.36. The molecule has 3 aromatic rings. The highest BCUT2D eigenvalue weighted by Crippen LogP contribution is 2.22. The monoisotopic (exact) mass is 396 g/mol. The van der Waals surface area contributed by atoms with Crippen LogP contribution in [-0.4, -0.2) is 25.5 Å². The number of imidazole rings is 1. The molecule has 1 atom stereocenters. The lowest BCUT2D eigenvalue weighted by Crippen LogP contribution is -2.30. The molecule has 2 aromatic heterocycles. The first-order valence-electron chi connectivity index (χ1n) is 9.98. The Morgan fingerprint density at radius 2 is 2.03 bits per heavy atom. The van der Waals surface area contributed by atoms with Crippen LogP contribution in [0.5, 0.6) is 5.75 Å². The number of pyridine rings is 1. The average molecular weight is 396 g/mol. The van der Waals surface area contributed by atoms with Gasteiger partial charge in [-0.15, -0.1) is 0 Å². The first kappa shape index (κ1) is 20.6. The molecular weight excluding hydrogens is 368 g/mol. The Labute approximate surface area is 169 Å². The number of para-hydroxylation sites is 2. The third-order valence-corrected chi connectivity index (χ3v) is 4.89. The second-order valence-corrected chi connectivity index (χ2v) is 7.84. The number of hydrogen-bond acceptors (Lipinski definition) is 4. The number of rotatable bonds is 8. The number of carbonyl (C=O) groups is 1. The van der Waals surface area contributed by atoms with E-state index in [1.807, 2.05) is 24.3 Å². The number of carbonyl (C=O) groups excluding carboxylic acids is 1. The Hall–Kier alpha value is -3.09. The van der Waals surface area contributed by atoms with Crippen molar-refractivity contribution in [3.8, 4) is 5.75 Å². The van der Waals surface area contributed by atoms with E-state index in [1.165, 1.54) is 6.07 Å². The SMILES string of the molecule is Cc1cc(O)cc(=O)n1CCCC(=O)N[C@H](CC(C)C)c1nc2ccccc2[nH]1. The second-order valence-electron chi connectivity index (χ2n) is 7.84. The van der Waals surface area contributed by atoms with Crippen LogP contribution < -0.4 is 10.9 Å². The molecule has 0 aliphatic rings. The molecule has 0 radical (unpaired) electrons. The van der Waals surface area contributed by atoms with E-state index in [2.05, 4.69) is 29.1 Å². The fourth-order valence-corrected chi connectivity index (χ4v) is 3.51. The number of aryl methyl sites for hydroxylation is 1. The van der Waals surface area contributed by atoms with Crippen molar-refractivity contribution in [2.45, 2.75) is 52.6 Å². The summed E-state index contributed by atoms with van der Waals surface area (Å²) in [7, 11) is 0. The first-order valence-corrected chi connectivity index (χ1v) is 9.98. The molecule has 29 heavy (non-hydrogen) atoms. The molecular formula is C22H28N4O3. The summed E-state index contributed by atoms with van der Waals surface area (Å²) >= 11 is 0. The summed E-state index contributed by atoms with van der Waals surface area (Å²) < 4.78 is 1.57. The molecule has 1 aromatic carbocycles. The Morgan fingerprint density at radius 3 is 2.72 bits per heavy atom. The van der Waals surface area contributed by atoms with Crippen LogP contribution in [0.4, 0.5) is 0 Å². The molecule has 0 saturated heterocycles. The summed E-state index contributed by atoms with van der Waals surface area (Å²) in [6.45, 7) is 6.42. The second kappa shape index (κ2) is 8.94. The Balaban J connectivity index is 1.64. The number of H-pyrrole nitrogens is 1. The molecule has 0 spiro atoms. The molecule has 154 valence electrons. The normalized spacial score (nSPS) is 12.4. The minimum Gasteiger partial charge on any atom is -0.508 e. The number of aromatic amines is 1. The lowest BCUT2D eigenvalue weighted by atomic mass is 10.0. The number of aromatic hydroxyl groups is 1. The third kappa shape index (κ3) is 5.25. The number of benzene rings is 1. The van der Waals surface area contributed by atoms with Crippen LogP contribution in [0.3, 0.4) is 0 Å². The molecule has 0 saturated carbocycles. The molecule has 0 unspecified atom stereocenters. The van der Waals surface area contributed by atoms with Crippen molar-refractivity contribution < 1.29 is 9.90 Å². The van der Waals surface area contributed by atoms with E-state index in [0.717, 1.165) is 23.3 Å². The topological polar surface area (TPSA) is 100 Å². The van der Waals surface area contributed by atoms with E-state index in [0.29, 0.717) is 31.0 Å². The molecule has 0 aliphatic carbocycles. The van der Waals surface area contributed by atoms with Crippen LogP contribution in [0.1, 0.15) is 50.7 Å². The van der Waals surface area contributed by atoms with Gasteiger partial charge in [0.25, 0.3) is 5.56 Å². The number of nitrogens with zero attached hydrogens (tertiary/aromatic N) is 2. The van der Waals surface area contributed by atoms with E-state index >= 15 is 0 Å². The molecule has 3 rings (SSSR count). The van der Waals surface area contributed by atoms with E-state index in [9.17, 15) is 14.7 Å². The molecule has 2 heterocycles. The van der Waals surface area contributed by atoms with E-state index in [4.69, 9.17) is 0 Å². The predicted octanol–water partition coefficient (Wildman–Crippen LogP) is 3.42. The van der Waals surface area contributed by atoms with Gasteiger partial charge in [0.2, 0.25) is 5.91 Å². The van der Waals surface area contributed by atoms with Crippen molar-refractivity contribution in [1.29, 1.82) is 0 Å². The standard InChI is InChI=1S/C22H28N4O3/c1-14(2)11-19(22-24-17-7-4-5-8-18(17)25-22)23-20(28)9-6-10-26-15(3)12-16(27)13-21(26)29/h4-5,7-8,12-14,19,27H,6,9-11H2,1-3H3,(H,23,28)(H,24,25)/t19-/m1/s1. The largest absolute Gasteiger partial charge is 0.508 e. The molecule has 0 bridgehead atoms. The molecule has 3 N–H and O–H groups in total. The van der Waals surface area contributed by atoms with Gasteiger partial charge in [0.15, 0.2) is 0 Å². The maximum absolute atomic E-state index is 12.6. The van der Waals surface area contributed by atoms with E-state index < -0.39 is 0 Å². The molecule has 0 aliphatic heterocycles. The highest BCUT2D eigenvalue weighted by atomic mass is 16.3. The van der Waals surface area contributed by atoms with Gasteiger partial charge in [0.1, 0.15) is 11.6 Å². The number of fused-ring (bicyclic) bond motifs is 1. The van der Waals surface area contributed by atoms with Crippen LogP contribution in [-0.2, 0) is 11.3 Å². The van der Waals surface area contributed by atoms with Gasteiger partial charge in [0, 0.05) is 24.7 Å². The van der Waals surface area contributed by atoms with Crippen LogP contribution in [0.2, 0.25) is 0 Å². The van der Waals surface area contributed by atoms with Gasteiger partial charge in [-0.25, -0.2) is 4.98 Å². The first-order chi connectivity index (χ1) is 13.8. The lowest BCUT2D eigenvalue weighted by molar-refractivity contribution is -0.122. The van der Waals surface area contributed by atoms with Gasteiger partial charge in [-0.2, -0.15) is 0 Å². The average Bonchev–Trinajstić information content (AvgIpc) is 3.07. The van der Waals surface area contributed by atoms with Crippen molar-refractivity contribution in [3.05, 3.63) is 58.3 Å². The summed E-state index contributed by atoms with van der Waals surface area (Å²) in [5.74, 6) is 1.05. The van der Waals surface area contributed by atoms with Gasteiger partial charge >= 0.3 is 0 Å². The Morgan fingerprint density at radius 1 is 1.28 bits per heavy atom. The van der Waals surface area contributed by atoms with Gasteiger partial charge in [-0.1, -0.05) is 26.0 Å². The molecule has 0 fully saturated rings. The summed E-state index contributed by atoms with van der Waals surface area (Å²) in [6, 6.07) is 10.4. The van der Waals surface area contributed by atoms with Gasteiger partial charge in [0.05, 0.1) is 17.1 Å². The van der Waals surface area contributed by atoms with Gasteiger partial charge in [-0.05, 0) is 43.9 Å². The van der Waals surface area contributed by atoms with Crippen LogP contribution in [0.25, 0.3) is 11.0 Å². The fourth-order valence-electron chi connectivity index (χ4n) is 3.51. The van der Waals surface area contributed by atoms with Crippen molar-refractivity contribution in [3.63, 3.8) is 0 Å². The number of hydrogen-bond donors (Lipinski definition) is 3. The van der Waals surface area contributed by atoms with E-state index in [-0.39, 0.29) is 23.3 Å². The smallest absolute Gasteiger partial charge is 0.254 e. The third-order valence-electron chi connectivity index (χ3n) is 4.89. The maximum Gasteiger partial charge on any atom is 0.254 e. The van der Waals surface area contributed by atoms with Crippen LogP contribution in [0.15, 0.2) is 41.2 Å². The predicted molar refractivity (Wildman–Crippen MR) is 113 cm³/mol. The minimum atomic E-state index is -0.261. The van der Waals surface area contributed by atoms with Gasteiger partial charge < -0.3 is 20.0 Å². The van der Waals surface area contributed by atoms with Crippen molar-refractivity contribution in [2.24, 2.45) is 5.92 Å². The number of nitrogens with one attached hydrogen (secondary N) is 2. The highest BCUT2D eigenvalue weighted by Gasteiger charge is 2.19. The van der Waals surface area contributed by atoms with Crippen LogP contribution >= 0.6 is 0 Å². The van der Waals surface area contributed by atoms with Crippen molar-refractivity contribution in [1.82, 2.24) is 19.9 Å². The molecule has 7 heteroatoms. The maximum atomic E-state index is 12.6. The lowest BCUT2D eigenvalue weighted by Gasteiger charge is -2.19. The highest BCUT2D eigenvalue weighted by molar-refractivity contribution is 5.77. The summed E-state index contributed by atoms with van der Waals surface area (Å²) in [6.07, 6.45) is 1.62. The number of aromatic nitrogens is 3. The van der Waals surface area contributed by atoms with Crippen molar-refractivity contribution >= 4 is 16.9 Å². The Bertz CT molecular complexity index is 1020. The fraction of sp³-hybridized carbons (Fsp3) is 0.409. The quantitative estimate of drug-likeness (QED) is 0.543. The molecule has 7 nitrogen and oxygen atoms in total. The summed E-state index contributed by atoms with van der Waals surface area (Å²) in [5, 5.41) is 12.6. The molecule has 1 amide bonds. The summed E-state index contributed by atoms with van der Waals surface area (Å²) in [4.78, 5) is 32.5. The number of amides is 1. The van der Waals surface area contributed by atoms with Gasteiger partial charge in [-0.3, -0.25) is 9.59 Å². The van der Waals surface area contributed by atoms with E-state index in [1.54, 1.807) is 17.6 Å².